The molecule has 0 amide bonds. The number of hydrogen-bond donors (Lipinski definition) is 0. The fraction of sp³-hybridized carbons (Fsp3) is 0.167. The van der Waals surface area contributed by atoms with Crippen molar-refractivity contribution in [3.05, 3.63) is 36.8 Å². The molecule has 2 aromatic heterocycles. The van der Waals surface area contributed by atoms with Crippen molar-refractivity contribution in [2.75, 3.05) is 6.61 Å². The van der Waals surface area contributed by atoms with Crippen LogP contribution in [0.5, 0.6) is 0 Å². The van der Waals surface area contributed by atoms with Crippen molar-refractivity contribution in [3.8, 4) is 0 Å². The summed E-state index contributed by atoms with van der Waals surface area (Å²) in [5.74, 6) is -0.402. The van der Waals surface area contributed by atoms with Crippen LogP contribution in [0.4, 0.5) is 0 Å². The molecule has 0 aliphatic rings. The van der Waals surface area contributed by atoms with Crippen molar-refractivity contribution in [3.63, 3.8) is 0 Å². The largest absolute Gasteiger partial charge is 0.461 e. The van der Waals surface area contributed by atoms with E-state index in [1.54, 1.807) is 25.4 Å². The Morgan fingerprint density at radius 3 is 3.19 bits per heavy atom. The summed E-state index contributed by atoms with van der Waals surface area (Å²) in [4.78, 5) is 15.5. The van der Waals surface area contributed by atoms with E-state index in [0.717, 1.165) is 10.9 Å². The van der Waals surface area contributed by atoms with Crippen molar-refractivity contribution in [1.29, 1.82) is 0 Å². The minimum atomic E-state index is -0.402. The van der Waals surface area contributed by atoms with Crippen LogP contribution in [0.25, 0.3) is 17.1 Å². The monoisotopic (exact) mass is 216 g/mol. The second-order valence-electron chi connectivity index (χ2n) is 3.25. The molecule has 0 atom stereocenters. The van der Waals surface area contributed by atoms with Crippen LogP contribution in [-0.2, 0) is 4.74 Å². The first-order valence-corrected chi connectivity index (χ1v) is 5.02. The van der Waals surface area contributed by atoms with Gasteiger partial charge in [-0.25, -0.2) is 9.78 Å². The van der Waals surface area contributed by atoms with E-state index in [1.807, 2.05) is 16.8 Å². The van der Waals surface area contributed by atoms with Gasteiger partial charge in [-0.1, -0.05) is 6.58 Å². The van der Waals surface area contributed by atoms with Crippen LogP contribution in [0.3, 0.4) is 0 Å². The molecule has 0 aliphatic carbocycles. The summed E-state index contributed by atoms with van der Waals surface area (Å²) >= 11 is 0. The number of esters is 1. The zero-order valence-corrected chi connectivity index (χ0v) is 9.01. The third-order valence-corrected chi connectivity index (χ3v) is 2.29. The lowest BCUT2D eigenvalue weighted by Crippen LogP contribution is -2.06. The average molecular weight is 216 g/mol. The number of carbonyl (C=O) groups excluding carboxylic acids is 1. The summed E-state index contributed by atoms with van der Waals surface area (Å²) in [7, 11) is 0. The number of pyridine rings is 1. The van der Waals surface area contributed by atoms with Gasteiger partial charge in [0.15, 0.2) is 0 Å². The van der Waals surface area contributed by atoms with Crippen molar-refractivity contribution in [2.24, 2.45) is 0 Å². The molecule has 4 nitrogen and oxygen atoms in total. The Morgan fingerprint density at radius 1 is 1.69 bits per heavy atom. The van der Waals surface area contributed by atoms with Crippen molar-refractivity contribution in [1.82, 2.24) is 9.55 Å². The second-order valence-corrected chi connectivity index (χ2v) is 3.25. The molecular formula is C12H12N2O2. The summed E-state index contributed by atoms with van der Waals surface area (Å²) in [6.07, 6.45) is 5.20. The van der Waals surface area contributed by atoms with E-state index in [-0.39, 0.29) is 0 Å². The molecule has 0 bridgehead atoms. The van der Waals surface area contributed by atoms with Crippen molar-refractivity contribution >= 4 is 23.1 Å². The molecular weight excluding hydrogens is 204 g/mol. The van der Waals surface area contributed by atoms with E-state index in [1.165, 1.54) is 0 Å². The molecule has 0 saturated carbocycles. The molecule has 0 N–H and O–H groups in total. The lowest BCUT2D eigenvalue weighted by Gasteiger charge is -2.02. The number of fused-ring (bicyclic) bond motifs is 1. The maximum atomic E-state index is 11.5. The van der Waals surface area contributed by atoms with E-state index >= 15 is 0 Å². The zero-order chi connectivity index (χ0) is 11.5. The molecule has 2 rings (SSSR count). The summed E-state index contributed by atoms with van der Waals surface area (Å²) in [6, 6.07) is 3.62. The Kier molecular flexibility index (Phi) is 2.72. The normalized spacial score (nSPS) is 10.3. The average Bonchev–Trinajstić information content (AvgIpc) is 2.71. The van der Waals surface area contributed by atoms with E-state index in [0.29, 0.717) is 12.3 Å². The van der Waals surface area contributed by atoms with Crippen LogP contribution in [0.1, 0.15) is 17.4 Å². The van der Waals surface area contributed by atoms with Gasteiger partial charge in [-0.15, -0.1) is 0 Å². The Balaban J connectivity index is 2.49. The fourth-order valence-electron chi connectivity index (χ4n) is 1.52. The van der Waals surface area contributed by atoms with E-state index in [4.69, 9.17) is 4.74 Å². The molecule has 0 radical (unpaired) electrons. The van der Waals surface area contributed by atoms with E-state index in [2.05, 4.69) is 11.6 Å². The molecule has 0 aliphatic heterocycles. The van der Waals surface area contributed by atoms with Gasteiger partial charge in [-0.05, 0) is 19.1 Å². The maximum absolute atomic E-state index is 11.5. The number of hydrogen-bond acceptors (Lipinski definition) is 3. The van der Waals surface area contributed by atoms with Gasteiger partial charge >= 0.3 is 5.97 Å². The lowest BCUT2D eigenvalue weighted by molar-refractivity contribution is 0.0519. The number of nitrogens with zero attached hydrogens (tertiary/aromatic N) is 2. The fourth-order valence-corrected chi connectivity index (χ4v) is 1.52. The summed E-state index contributed by atoms with van der Waals surface area (Å²) in [6.45, 7) is 5.81. The molecule has 0 saturated heterocycles. The highest BCUT2D eigenvalue weighted by Gasteiger charge is 2.10. The number of rotatable bonds is 3. The molecule has 2 aromatic rings. The van der Waals surface area contributed by atoms with Gasteiger partial charge in [-0.2, -0.15) is 0 Å². The number of ether oxygens (including phenoxy) is 1. The first kappa shape index (κ1) is 10.4. The van der Waals surface area contributed by atoms with Crippen LogP contribution in [0, 0.1) is 0 Å². The second kappa shape index (κ2) is 4.18. The Labute approximate surface area is 93.2 Å². The smallest absolute Gasteiger partial charge is 0.356 e. The lowest BCUT2D eigenvalue weighted by atomic mass is 10.3. The SMILES string of the molecule is C=Cn1ccc2cnc(C(=O)OCC)cc21. The van der Waals surface area contributed by atoms with Gasteiger partial charge in [0.2, 0.25) is 0 Å². The predicted octanol–water partition coefficient (Wildman–Crippen LogP) is 2.31. The Morgan fingerprint density at radius 2 is 2.50 bits per heavy atom. The first-order valence-electron chi connectivity index (χ1n) is 5.02. The molecule has 16 heavy (non-hydrogen) atoms. The highest BCUT2D eigenvalue weighted by atomic mass is 16.5. The minimum absolute atomic E-state index is 0.316. The van der Waals surface area contributed by atoms with Crippen LogP contribution in [0.15, 0.2) is 31.1 Å². The summed E-state index contributed by atoms with van der Waals surface area (Å²) in [5.41, 5.74) is 1.21. The van der Waals surface area contributed by atoms with Crippen LogP contribution >= 0.6 is 0 Å². The topological polar surface area (TPSA) is 44.1 Å². The van der Waals surface area contributed by atoms with Gasteiger partial charge in [-0.3, -0.25) is 0 Å². The molecule has 4 heteroatoms. The van der Waals surface area contributed by atoms with Gasteiger partial charge in [0.1, 0.15) is 5.69 Å². The molecule has 0 fully saturated rings. The molecule has 0 spiro atoms. The highest BCUT2D eigenvalue weighted by molar-refractivity contribution is 5.92. The van der Waals surface area contributed by atoms with Gasteiger partial charge in [0.25, 0.3) is 0 Å². The Bertz CT molecular complexity index is 543. The third kappa shape index (κ3) is 1.69. The number of aromatic nitrogens is 2. The van der Waals surface area contributed by atoms with Gasteiger partial charge in [0, 0.05) is 24.0 Å². The molecule has 0 unspecified atom stereocenters. The number of carbonyl (C=O) groups is 1. The van der Waals surface area contributed by atoms with Crippen LogP contribution in [0.2, 0.25) is 0 Å². The van der Waals surface area contributed by atoms with Gasteiger partial charge < -0.3 is 9.30 Å². The molecule has 2 heterocycles. The highest BCUT2D eigenvalue weighted by Crippen LogP contribution is 2.16. The quantitative estimate of drug-likeness (QED) is 0.739. The predicted molar refractivity (Wildman–Crippen MR) is 62.1 cm³/mol. The standard InChI is InChI=1S/C12H12N2O2/c1-3-14-6-5-9-8-13-10(7-11(9)14)12(15)16-4-2/h3,5-8H,1,4H2,2H3. The third-order valence-electron chi connectivity index (χ3n) is 2.29. The summed E-state index contributed by atoms with van der Waals surface area (Å²) < 4.78 is 6.72. The minimum Gasteiger partial charge on any atom is -0.461 e. The maximum Gasteiger partial charge on any atom is 0.356 e. The van der Waals surface area contributed by atoms with Crippen molar-refractivity contribution < 1.29 is 9.53 Å². The Hall–Kier alpha value is -2.10. The molecule has 0 aromatic carbocycles. The first-order chi connectivity index (χ1) is 7.76. The van der Waals surface area contributed by atoms with E-state index in [9.17, 15) is 4.79 Å². The van der Waals surface area contributed by atoms with Crippen LogP contribution in [-0.4, -0.2) is 22.1 Å². The van der Waals surface area contributed by atoms with Crippen LogP contribution < -0.4 is 0 Å². The molecule has 82 valence electrons. The zero-order valence-electron chi connectivity index (χ0n) is 9.01. The summed E-state index contributed by atoms with van der Waals surface area (Å²) in [5, 5.41) is 0.966. The van der Waals surface area contributed by atoms with Crippen molar-refractivity contribution in [2.45, 2.75) is 6.92 Å². The van der Waals surface area contributed by atoms with E-state index < -0.39 is 5.97 Å². The van der Waals surface area contributed by atoms with Gasteiger partial charge in [0.05, 0.1) is 12.1 Å².